The van der Waals surface area contributed by atoms with Crippen LogP contribution in [-0.2, 0) is 6.42 Å². The van der Waals surface area contributed by atoms with Gasteiger partial charge in [-0.3, -0.25) is 0 Å². The lowest BCUT2D eigenvalue weighted by Gasteiger charge is -2.07. The second-order valence-electron chi connectivity index (χ2n) is 3.47. The average Bonchev–Trinajstić information content (AvgIpc) is 2.35. The highest BCUT2D eigenvalue weighted by atomic mass is 19.1. The van der Waals surface area contributed by atoms with Gasteiger partial charge in [-0.15, -0.1) is 0 Å². The summed E-state index contributed by atoms with van der Waals surface area (Å²) in [6, 6.07) is 2.73. The maximum Gasteiger partial charge on any atom is 0.259 e. The van der Waals surface area contributed by atoms with Crippen molar-refractivity contribution in [3.8, 4) is 11.6 Å². The van der Waals surface area contributed by atoms with Gasteiger partial charge in [0.2, 0.25) is 5.82 Å². The Morgan fingerprint density at radius 2 is 1.94 bits per heavy atom. The van der Waals surface area contributed by atoms with Gasteiger partial charge in [0.05, 0.1) is 5.69 Å². The third-order valence-corrected chi connectivity index (χ3v) is 2.27. The number of ether oxygens (including phenoxy) is 1. The highest BCUT2D eigenvalue weighted by Crippen LogP contribution is 2.26. The molecular formula is C12H9F3N2O. The van der Waals surface area contributed by atoms with E-state index in [1.54, 1.807) is 6.92 Å². The Balaban J connectivity index is 2.34. The highest BCUT2D eigenvalue weighted by molar-refractivity contribution is 5.30. The van der Waals surface area contributed by atoms with E-state index in [4.69, 9.17) is 4.74 Å². The summed E-state index contributed by atoms with van der Waals surface area (Å²) in [5.41, 5.74) is 0.169. The largest absolute Gasteiger partial charge is 0.433 e. The van der Waals surface area contributed by atoms with Crippen LogP contribution in [0.4, 0.5) is 13.2 Å². The lowest BCUT2D eigenvalue weighted by atomic mass is 10.3. The third kappa shape index (κ3) is 2.42. The van der Waals surface area contributed by atoms with Gasteiger partial charge in [-0.05, 0) is 18.6 Å². The topological polar surface area (TPSA) is 35.0 Å². The molecule has 2 aromatic rings. The molecule has 0 atom stereocenters. The number of halogens is 3. The fourth-order valence-corrected chi connectivity index (χ4v) is 1.37. The van der Waals surface area contributed by atoms with E-state index >= 15 is 0 Å². The molecule has 1 aromatic heterocycles. The molecular weight excluding hydrogens is 245 g/mol. The van der Waals surface area contributed by atoms with Gasteiger partial charge in [0.25, 0.3) is 5.88 Å². The van der Waals surface area contributed by atoms with Crippen molar-refractivity contribution in [1.29, 1.82) is 0 Å². The normalized spacial score (nSPS) is 10.4. The average molecular weight is 254 g/mol. The van der Waals surface area contributed by atoms with E-state index in [9.17, 15) is 13.2 Å². The Bertz CT molecular complexity index is 575. The summed E-state index contributed by atoms with van der Waals surface area (Å²) in [7, 11) is 0. The minimum atomic E-state index is -0.925. The molecule has 0 saturated carbocycles. The summed E-state index contributed by atoms with van der Waals surface area (Å²) in [6.07, 6.45) is 1.48. The van der Waals surface area contributed by atoms with Crippen LogP contribution in [0.2, 0.25) is 0 Å². The Labute approximate surface area is 101 Å². The summed E-state index contributed by atoms with van der Waals surface area (Å²) in [4.78, 5) is 7.29. The minimum absolute atomic E-state index is 0.169. The van der Waals surface area contributed by atoms with Crippen molar-refractivity contribution in [3.05, 3.63) is 47.7 Å². The van der Waals surface area contributed by atoms with E-state index in [-0.39, 0.29) is 17.3 Å². The van der Waals surface area contributed by atoms with Crippen molar-refractivity contribution in [2.45, 2.75) is 13.3 Å². The number of hydrogen-bond acceptors (Lipinski definition) is 3. The molecule has 94 valence electrons. The lowest BCUT2D eigenvalue weighted by molar-refractivity contribution is 0.390. The number of rotatable bonds is 3. The lowest BCUT2D eigenvalue weighted by Crippen LogP contribution is -2.00. The smallest absolute Gasteiger partial charge is 0.259 e. The van der Waals surface area contributed by atoms with E-state index in [0.717, 1.165) is 18.5 Å². The highest BCUT2D eigenvalue weighted by Gasteiger charge is 2.14. The van der Waals surface area contributed by atoms with Crippen LogP contribution in [0.1, 0.15) is 12.6 Å². The van der Waals surface area contributed by atoms with Crippen LogP contribution < -0.4 is 4.74 Å². The summed E-state index contributed by atoms with van der Waals surface area (Å²) in [5, 5.41) is 0. The van der Waals surface area contributed by atoms with E-state index in [2.05, 4.69) is 9.97 Å². The van der Waals surface area contributed by atoms with Crippen LogP contribution in [0.3, 0.4) is 0 Å². The minimum Gasteiger partial charge on any atom is -0.433 e. The van der Waals surface area contributed by atoms with Gasteiger partial charge in [-0.25, -0.2) is 13.8 Å². The Hall–Kier alpha value is -2.11. The molecule has 0 saturated heterocycles. The number of benzene rings is 1. The molecule has 1 heterocycles. The molecule has 0 fully saturated rings. The van der Waals surface area contributed by atoms with Crippen LogP contribution in [0.15, 0.2) is 24.5 Å². The van der Waals surface area contributed by atoms with Crippen molar-refractivity contribution in [2.24, 2.45) is 0 Å². The van der Waals surface area contributed by atoms with E-state index in [0.29, 0.717) is 12.5 Å². The van der Waals surface area contributed by atoms with Gasteiger partial charge >= 0.3 is 0 Å². The van der Waals surface area contributed by atoms with Gasteiger partial charge in [0.15, 0.2) is 11.6 Å². The molecule has 0 amide bonds. The molecule has 0 radical (unpaired) electrons. The molecule has 2 rings (SSSR count). The molecule has 1 aromatic carbocycles. The predicted octanol–water partition coefficient (Wildman–Crippen LogP) is 3.25. The number of nitrogens with zero attached hydrogens (tertiary/aromatic N) is 2. The number of aromatic nitrogens is 2. The molecule has 0 aliphatic rings. The third-order valence-electron chi connectivity index (χ3n) is 2.27. The van der Waals surface area contributed by atoms with Crippen molar-refractivity contribution in [2.75, 3.05) is 0 Å². The monoisotopic (exact) mass is 254 g/mol. The van der Waals surface area contributed by atoms with Crippen LogP contribution in [0, 0.1) is 17.5 Å². The van der Waals surface area contributed by atoms with Gasteiger partial charge in [-0.1, -0.05) is 6.92 Å². The molecule has 0 aliphatic heterocycles. The molecule has 0 aliphatic carbocycles. The molecule has 0 spiro atoms. The first-order valence-corrected chi connectivity index (χ1v) is 5.24. The second kappa shape index (κ2) is 5.03. The first-order chi connectivity index (χ1) is 8.61. The van der Waals surface area contributed by atoms with Gasteiger partial charge < -0.3 is 4.74 Å². The quantitative estimate of drug-likeness (QED) is 0.843. The Kier molecular flexibility index (Phi) is 3.45. The fourth-order valence-electron chi connectivity index (χ4n) is 1.37. The Morgan fingerprint density at radius 3 is 2.61 bits per heavy atom. The zero-order valence-electron chi connectivity index (χ0n) is 9.45. The molecule has 0 N–H and O–H groups in total. The number of hydrogen-bond donors (Lipinski definition) is 0. The SMILES string of the molecule is CCc1ncnc(Oc2ccc(F)cc2F)c1F. The summed E-state index contributed by atoms with van der Waals surface area (Å²) in [6.45, 7) is 1.72. The molecule has 3 nitrogen and oxygen atoms in total. The van der Waals surface area contributed by atoms with Crippen molar-refractivity contribution in [3.63, 3.8) is 0 Å². The number of aryl methyl sites for hydroxylation is 1. The van der Waals surface area contributed by atoms with Gasteiger partial charge in [-0.2, -0.15) is 9.37 Å². The first kappa shape index (κ1) is 12.3. The summed E-state index contributed by atoms with van der Waals surface area (Å²) < 4.78 is 44.7. The predicted molar refractivity (Wildman–Crippen MR) is 57.8 cm³/mol. The van der Waals surface area contributed by atoms with Crippen LogP contribution in [-0.4, -0.2) is 9.97 Å². The zero-order valence-corrected chi connectivity index (χ0v) is 9.45. The van der Waals surface area contributed by atoms with Crippen molar-refractivity contribution < 1.29 is 17.9 Å². The maximum absolute atomic E-state index is 13.7. The van der Waals surface area contributed by atoms with Crippen LogP contribution >= 0.6 is 0 Å². The van der Waals surface area contributed by atoms with E-state index in [1.165, 1.54) is 0 Å². The second-order valence-corrected chi connectivity index (χ2v) is 3.47. The summed E-state index contributed by atoms with van der Waals surface area (Å²) in [5.74, 6) is -3.09. The van der Waals surface area contributed by atoms with Crippen LogP contribution in [0.5, 0.6) is 11.6 Å². The van der Waals surface area contributed by atoms with E-state index in [1.807, 2.05) is 0 Å². The van der Waals surface area contributed by atoms with Crippen molar-refractivity contribution >= 4 is 0 Å². The van der Waals surface area contributed by atoms with Gasteiger partial charge in [0, 0.05) is 6.07 Å². The Morgan fingerprint density at radius 1 is 1.17 bits per heavy atom. The molecule has 6 heteroatoms. The maximum atomic E-state index is 13.7. The van der Waals surface area contributed by atoms with Crippen molar-refractivity contribution in [1.82, 2.24) is 9.97 Å². The fraction of sp³-hybridized carbons (Fsp3) is 0.167. The summed E-state index contributed by atoms with van der Waals surface area (Å²) >= 11 is 0. The molecule has 18 heavy (non-hydrogen) atoms. The van der Waals surface area contributed by atoms with E-state index < -0.39 is 17.5 Å². The molecule has 0 bridgehead atoms. The molecule has 0 unspecified atom stereocenters. The van der Waals surface area contributed by atoms with Crippen LogP contribution in [0.25, 0.3) is 0 Å². The standard InChI is InChI=1S/C12H9F3N2O/c1-2-9-11(15)12(17-6-16-9)18-10-4-3-7(13)5-8(10)14/h3-6H,2H2,1H3. The first-order valence-electron chi connectivity index (χ1n) is 5.24. The van der Waals surface area contributed by atoms with Gasteiger partial charge in [0.1, 0.15) is 12.1 Å². The zero-order chi connectivity index (χ0) is 13.1.